The van der Waals surface area contributed by atoms with Gasteiger partial charge in [-0.2, -0.15) is 0 Å². The summed E-state index contributed by atoms with van der Waals surface area (Å²) in [5.74, 6) is -5.55. The van der Waals surface area contributed by atoms with Crippen LogP contribution in [0.15, 0.2) is 29.6 Å². The van der Waals surface area contributed by atoms with Gasteiger partial charge in [-0.3, -0.25) is 4.79 Å². The van der Waals surface area contributed by atoms with Gasteiger partial charge in [0.05, 0.1) is 12.1 Å². The van der Waals surface area contributed by atoms with E-state index >= 15 is 0 Å². The van der Waals surface area contributed by atoms with Crippen LogP contribution in [0, 0.1) is 17.5 Å². The van der Waals surface area contributed by atoms with Gasteiger partial charge in [0.2, 0.25) is 0 Å². The van der Waals surface area contributed by atoms with E-state index in [4.69, 9.17) is 0 Å². The molecule has 1 amide bonds. The highest BCUT2D eigenvalue weighted by molar-refractivity contribution is 7.10. The summed E-state index contributed by atoms with van der Waals surface area (Å²) < 4.78 is 39.3. The summed E-state index contributed by atoms with van der Waals surface area (Å²) in [6.45, 7) is 1.30. The van der Waals surface area contributed by atoms with Gasteiger partial charge in [-0.05, 0) is 30.5 Å². The number of aliphatic hydroxyl groups is 1. The first-order chi connectivity index (χ1) is 9.83. The third-order valence-corrected chi connectivity index (χ3v) is 4.05. The molecule has 112 valence electrons. The molecule has 1 heterocycles. The molecule has 1 aromatic heterocycles. The van der Waals surface area contributed by atoms with Crippen LogP contribution in [0.25, 0.3) is 0 Å². The van der Waals surface area contributed by atoms with Crippen LogP contribution in [0.5, 0.6) is 0 Å². The highest BCUT2D eigenvalue weighted by Gasteiger charge is 2.26. The van der Waals surface area contributed by atoms with E-state index in [9.17, 15) is 23.1 Å². The van der Waals surface area contributed by atoms with E-state index in [-0.39, 0.29) is 6.54 Å². The first-order valence-corrected chi connectivity index (χ1v) is 6.89. The quantitative estimate of drug-likeness (QED) is 0.853. The molecule has 0 spiro atoms. The van der Waals surface area contributed by atoms with Gasteiger partial charge in [0.15, 0.2) is 17.5 Å². The van der Waals surface area contributed by atoms with Crippen molar-refractivity contribution >= 4 is 17.2 Å². The average molecular weight is 315 g/mol. The van der Waals surface area contributed by atoms with Gasteiger partial charge in [-0.25, -0.2) is 13.2 Å². The first kappa shape index (κ1) is 15.5. The van der Waals surface area contributed by atoms with Gasteiger partial charge in [-0.15, -0.1) is 11.3 Å². The normalized spacial score (nSPS) is 13.8. The van der Waals surface area contributed by atoms with Crippen molar-refractivity contribution < 1.29 is 23.1 Å². The zero-order chi connectivity index (χ0) is 15.6. The zero-order valence-electron chi connectivity index (χ0n) is 11.0. The molecule has 1 unspecified atom stereocenters. The van der Waals surface area contributed by atoms with Gasteiger partial charge in [-0.1, -0.05) is 6.07 Å². The number of thiophene rings is 1. The Hall–Kier alpha value is -1.86. The van der Waals surface area contributed by atoms with Crippen LogP contribution in [-0.4, -0.2) is 17.6 Å². The summed E-state index contributed by atoms with van der Waals surface area (Å²) in [6, 6.07) is 4.95. The van der Waals surface area contributed by atoms with E-state index in [1.54, 1.807) is 17.5 Å². The van der Waals surface area contributed by atoms with Gasteiger partial charge in [0.1, 0.15) is 5.60 Å². The molecular formula is C14H12F3NO2S. The Labute approximate surface area is 123 Å². The fourth-order valence-electron chi connectivity index (χ4n) is 1.72. The standard InChI is InChI=1S/C14H12F3NO2S/c1-14(20,10-3-2-6-21-10)7-18-13(19)8-4-5-9(15)12(17)11(8)16/h2-6,20H,7H2,1H3,(H,18,19). The van der Waals surface area contributed by atoms with Crippen molar-refractivity contribution in [3.8, 4) is 0 Å². The van der Waals surface area contributed by atoms with E-state index < -0.39 is 34.5 Å². The minimum Gasteiger partial charge on any atom is -0.383 e. The Balaban J connectivity index is 2.11. The van der Waals surface area contributed by atoms with Crippen molar-refractivity contribution in [2.45, 2.75) is 12.5 Å². The van der Waals surface area contributed by atoms with Crippen LogP contribution in [0.2, 0.25) is 0 Å². The number of amides is 1. The average Bonchev–Trinajstić information content (AvgIpc) is 2.97. The molecule has 0 radical (unpaired) electrons. The van der Waals surface area contributed by atoms with Crippen LogP contribution in [0.4, 0.5) is 13.2 Å². The minimum atomic E-state index is -1.70. The highest BCUT2D eigenvalue weighted by Crippen LogP contribution is 2.24. The van der Waals surface area contributed by atoms with Gasteiger partial charge < -0.3 is 10.4 Å². The maximum absolute atomic E-state index is 13.5. The Bertz CT molecular complexity index is 656. The smallest absolute Gasteiger partial charge is 0.254 e. The Kier molecular flexibility index (Phi) is 4.34. The number of halogens is 3. The van der Waals surface area contributed by atoms with E-state index in [1.165, 1.54) is 18.3 Å². The lowest BCUT2D eigenvalue weighted by molar-refractivity contribution is 0.0555. The van der Waals surface area contributed by atoms with Gasteiger partial charge >= 0.3 is 0 Å². The van der Waals surface area contributed by atoms with E-state index in [0.717, 1.165) is 6.07 Å². The molecule has 0 saturated heterocycles. The van der Waals surface area contributed by atoms with Crippen molar-refractivity contribution in [1.82, 2.24) is 5.32 Å². The molecule has 21 heavy (non-hydrogen) atoms. The monoisotopic (exact) mass is 315 g/mol. The molecule has 0 aliphatic heterocycles. The summed E-state index contributed by atoms with van der Waals surface area (Å²) in [5.41, 5.74) is -1.95. The van der Waals surface area contributed by atoms with Crippen molar-refractivity contribution in [1.29, 1.82) is 0 Å². The maximum Gasteiger partial charge on any atom is 0.254 e. The SMILES string of the molecule is CC(O)(CNC(=O)c1ccc(F)c(F)c1F)c1cccs1. The zero-order valence-corrected chi connectivity index (χ0v) is 11.8. The second kappa shape index (κ2) is 5.87. The lowest BCUT2D eigenvalue weighted by Crippen LogP contribution is -2.38. The molecule has 0 saturated carbocycles. The summed E-state index contributed by atoms with van der Waals surface area (Å²) in [7, 11) is 0. The van der Waals surface area contributed by atoms with Crippen LogP contribution < -0.4 is 5.32 Å². The van der Waals surface area contributed by atoms with Crippen LogP contribution >= 0.6 is 11.3 Å². The number of carbonyl (C=O) groups excluding carboxylic acids is 1. The van der Waals surface area contributed by atoms with Crippen LogP contribution in [-0.2, 0) is 5.60 Å². The summed E-state index contributed by atoms with van der Waals surface area (Å²) in [6.07, 6.45) is 0. The number of hydrogen-bond donors (Lipinski definition) is 2. The fraction of sp³-hybridized carbons (Fsp3) is 0.214. The summed E-state index contributed by atoms with van der Waals surface area (Å²) >= 11 is 1.30. The molecule has 0 aliphatic rings. The Morgan fingerprint density at radius 3 is 2.62 bits per heavy atom. The Morgan fingerprint density at radius 1 is 1.29 bits per heavy atom. The number of hydrogen-bond acceptors (Lipinski definition) is 3. The summed E-state index contributed by atoms with van der Waals surface area (Å²) in [5, 5.41) is 14.3. The highest BCUT2D eigenvalue weighted by atomic mass is 32.1. The number of carbonyl (C=O) groups is 1. The molecular weight excluding hydrogens is 303 g/mol. The van der Waals surface area contributed by atoms with E-state index in [2.05, 4.69) is 5.32 Å². The number of nitrogens with one attached hydrogen (secondary N) is 1. The van der Waals surface area contributed by atoms with E-state index in [0.29, 0.717) is 10.9 Å². The second-order valence-corrected chi connectivity index (χ2v) is 5.60. The van der Waals surface area contributed by atoms with Crippen LogP contribution in [0.3, 0.4) is 0 Å². The van der Waals surface area contributed by atoms with Crippen LogP contribution in [0.1, 0.15) is 22.2 Å². The molecule has 3 nitrogen and oxygen atoms in total. The number of rotatable bonds is 4. The van der Waals surface area contributed by atoms with Gasteiger partial charge in [0.25, 0.3) is 5.91 Å². The second-order valence-electron chi connectivity index (χ2n) is 4.66. The number of benzene rings is 1. The third kappa shape index (κ3) is 3.25. The van der Waals surface area contributed by atoms with Crippen molar-refractivity contribution in [3.63, 3.8) is 0 Å². The largest absolute Gasteiger partial charge is 0.383 e. The first-order valence-electron chi connectivity index (χ1n) is 6.01. The molecule has 2 N–H and O–H groups in total. The summed E-state index contributed by atoms with van der Waals surface area (Å²) in [4.78, 5) is 12.4. The molecule has 0 bridgehead atoms. The van der Waals surface area contributed by atoms with E-state index in [1.807, 2.05) is 0 Å². The lowest BCUT2D eigenvalue weighted by atomic mass is 10.0. The third-order valence-electron chi connectivity index (χ3n) is 2.92. The molecule has 0 aliphatic carbocycles. The minimum absolute atomic E-state index is 0.190. The molecule has 1 atom stereocenters. The van der Waals surface area contributed by atoms with Crippen molar-refractivity contribution in [3.05, 3.63) is 57.5 Å². The predicted octanol–water partition coefficient (Wildman–Crippen LogP) is 2.80. The topological polar surface area (TPSA) is 49.3 Å². The lowest BCUT2D eigenvalue weighted by Gasteiger charge is -2.22. The predicted molar refractivity (Wildman–Crippen MR) is 72.5 cm³/mol. The van der Waals surface area contributed by atoms with Crippen molar-refractivity contribution in [2.75, 3.05) is 6.54 Å². The molecule has 1 aromatic carbocycles. The Morgan fingerprint density at radius 2 is 2.00 bits per heavy atom. The molecule has 2 rings (SSSR count). The van der Waals surface area contributed by atoms with Gasteiger partial charge in [0, 0.05) is 4.88 Å². The van der Waals surface area contributed by atoms with Crippen molar-refractivity contribution in [2.24, 2.45) is 0 Å². The maximum atomic E-state index is 13.5. The molecule has 0 fully saturated rings. The molecule has 2 aromatic rings. The molecule has 7 heteroatoms. The fourth-order valence-corrected chi connectivity index (χ4v) is 2.51.